The molecule has 4 rings (SSSR count). The number of aromatic nitrogens is 1. The van der Waals surface area contributed by atoms with E-state index in [1.807, 2.05) is 4.57 Å². The molecule has 0 bridgehead atoms. The molecule has 1 aromatic heterocycles. The third kappa shape index (κ3) is 2.66. The number of piperazine rings is 1. The van der Waals surface area contributed by atoms with E-state index < -0.39 is 0 Å². The number of halogens is 1. The lowest BCUT2D eigenvalue weighted by Crippen LogP contribution is -2.45. The molecule has 0 N–H and O–H groups in total. The Hall–Kier alpha value is -1.86. The number of ketones is 1. The van der Waals surface area contributed by atoms with Gasteiger partial charge in [0.2, 0.25) is 0 Å². The van der Waals surface area contributed by atoms with Gasteiger partial charge in [0, 0.05) is 44.7 Å². The second kappa shape index (κ2) is 6.14. The zero-order valence-corrected chi connectivity index (χ0v) is 15.2. The molecular weight excluding hydrogens is 341 g/mol. The summed E-state index contributed by atoms with van der Waals surface area (Å²) in [4.78, 5) is 29.6. The number of pyridine rings is 1. The van der Waals surface area contributed by atoms with Gasteiger partial charge in [-0.1, -0.05) is 0 Å². The van der Waals surface area contributed by atoms with Crippen LogP contribution in [0.1, 0.15) is 17.3 Å². The van der Waals surface area contributed by atoms with Gasteiger partial charge in [-0.3, -0.25) is 9.59 Å². The number of hydrogen-bond donors (Lipinski definition) is 0. The number of Topliss-reactive ketones (excluding diaryl/α,β-unsaturated/α-hetero) is 1. The molecule has 0 atom stereocenters. The molecule has 3 heterocycles. The lowest BCUT2D eigenvalue weighted by molar-refractivity contribution is 0.101. The standard InChI is InChI=1S/C18H20FN3O2S/c1-11(23)13-10-22-7-8-25-18-15(22)12(17(13)24)9-14(19)16(18)21-5-3-20(2)4-6-21/h9-10H,3-8H2,1-2H3. The quantitative estimate of drug-likeness (QED) is 0.768. The Morgan fingerprint density at radius 1 is 1.20 bits per heavy atom. The fourth-order valence-corrected chi connectivity index (χ4v) is 4.84. The lowest BCUT2D eigenvalue weighted by Gasteiger charge is -2.36. The molecule has 0 unspecified atom stereocenters. The van der Waals surface area contributed by atoms with Gasteiger partial charge in [0.15, 0.2) is 11.2 Å². The highest BCUT2D eigenvalue weighted by molar-refractivity contribution is 7.99. The van der Waals surface area contributed by atoms with Gasteiger partial charge in [0.1, 0.15) is 5.82 Å². The highest BCUT2D eigenvalue weighted by atomic mass is 32.2. The normalized spacial score (nSPS) is 18.0. The van der Waals surface area contributed by atoms with Crippen LogP contribution in [0.2, 0.25) is 0 Å². The Bertz CT molecular complexity index is 932. The zero-order valence-electron chi connectivity index (χ0n) is 14.3. The van der Waals surface area contributed by atoms with Crippen LogP contribution in [-0.4, -0.2) is 54.2 Å². The highest BCUT2D eigenvalue weighted by Crippen LogP contribution is 2.41. The van der Waals surface area contributed by atoms with E-state index in [2.05, 4.69) is 16.8 Å². The summed E-state index contributed by atoms with van der Waals surface area (Å²) < 4.78 is 17.0. The molecule has 0 spiro atoms. The molecule has 0 saturated carbocycles. The Labute approximate surface area is 149 Å². The first kappa shape index (κ1) is 16.6. The molecule has 7 heteroatoms. The summed E-state index contributed by atoms with van der Waals surface area (Å²) in [6.07, 6.45) is 1.64. The predicted molar refractivity (Wildman–Crippen MR) is 98.6 cm³/mol. The molecule has 5 nitrogen and oxygen atoms in total. The van der Waals surface area contributed by atoms with E-state index >= 15 is 4.39 Å². The van der Waals surface area contributed by atoms with Crippen LogP contribution in [0.3, 0.4) is 0 Å². The van der Waals surface area contributed by atoms with E-state index in [-0.39, 0.29) is 22.6 Å². The first-order valence-corrected chi connectivity index (χ1v) is 9.43. The van der Waals surface area contributed by atoms with Crippen LogP contribution in [0, 0.1) is 5.82 Å². The third-order valence-electron chi connectivity index (χ3n) is 5.02. The molecule has 2 aliphatic heterocycles. The first-order valence-electron chi connectivity index (χ1n) is 8.44. The number of rotatable bonds is 2. The highest BCUT2D eigenvalue weighted by Gasteiger charge is 2.27. The van der Waals surface area contributed by atoms with Crippen molar-refractivity contribution >= 4 is 34.1 Å². The van der Waals surface area contributed by atoms with Crippen LogP contribution in [-0.2, 0) is 6.54 Å². The molecular formula is C18H20FN3O2S. The minimum atomic E-state index is -0.370. The molecule has 0 aliphatic carbocycles. The van der Waals surface area contributed by atoms with Crippen LogP contribution in [0.25, 0.3) is 10.9 Å². The average molecular weight is 361 g/mol. The van der Waals surface area contributed by atoms with Gasteiger partial charge >= 0.3 is 0 Å². The van der Waals surface area contributed by atoms with Crippen molar-refractivity contribution in [2.75, 3.05) is 43.9 Å². The van der Waals surface area contributed by atoms with Gasteiger partial charge in [-0.15, -0.1) is 11.8 Å². The van der Waals surface area contributed by atoms with Crippen LogP contribution >= 0.6 is 11.8 Å². The van der Waals surface area contributed by atoms with E-state index in [1.165, 1.54) is 13.0 Å². The minimum absolute atomic E-state index is 0.136. The zero-order chi connectivity index (χ0) is 17.7. The fraction of sp³-hybridized carbons (Fsp3) is 0.444. The number of carbonyl (C=O) groups excluding carboxylic acids is 1. The van der Waals surface area contributed by atoms with Gasteiger partial charge in [-0.2, -0.15) is 0 Å². The summed E-state index contributed by atoms with van der Waals surface area (Å²) >= 11 is 1.60. The molecule has 2 aliphatic rings. The topological polar surface area (TPSA) is 45.6 Å². The van der Waals surface area contributed by atoms with Crippen molar-refractivity contribution in [3.8, 4) is 0 Å². The Balaban J connectivity index is 1.97. The number of hydrogen-bond acceptors (Lipinski definition) is 5. The maximum atomic E-state index is 15.0. The van der Waals surface area contributed by atoms with Crippen molar-refractivity contribution in [3.05, 3.63) is 33.9 Å². The van der Waals surface area contributed by atoms with Crippen molar-refractivity contribution in [2.24, 2.45) is 0 Å². The predicted octanol–water partition coefficient (Wildman–Crippen LogP) is 2.20. The average Bonchev–Trinajstić information content (AvgIpc) is 2.58. The summed E-state index contributed by atoms with van der Waals surface area (Å²) in [6, 6.07) is 1.32. The van der Waals surface area contributed by atoms with Crippen LogP contribution in [0.5, 0.6) is 0 Å². The largest absolute Gasteiger partial charge is 0.366 e. The number of thioether (sulfide) groups is 1. The molecule has 132 valence electrons. The number of nitrogens with zero attached hydrogens (tertiary/aromatic N) is 3. The van der Waals surface area contributed by atoms with E-state index in [9.17, 15) is 9.59 Å². The van der Waals surface area contributed by atoms with E-state index in [0.29, 0.717) is 17.6 Å². The van der Waals surface area contributed by atoms with Crippen molar-refractivity contribution < 1.29 is 9.18 Å². The van der Waals surface area contributed by atoms with Crippen molar-refractivity contribution in [1.82, 2.24) is 9.47 Å². The van der Waals surface area contributed by atoms with Crippen LogP contribution in [0.4, 0.5) is 10.1 Å². The van der Waals surface area contributed by atoms with Gasteiger partial charge in [0.05, 0.1) is 27.0 Å². The van der Waals surface area contributed by atoms with Crippen LogP contribution in [0.15, 0.2) is 22.0 Å². The number of aryl methyl sites for hydroxylation is 1. The van der Waals surface area contributed by atoms with Gasteiger partial charge in [0.25, 0.3) is 0 Å². The van der Waals surface area contributed by atoms with Gasteiger partial charge in [-0.05, 0) is 20.0 Å². The summed E-state index contributed by atoms with van der Waals surface area (Å²) in [7, 11) is 2.06. The van der Waals surface area contributed by atoms with E-state index in [1.54, 1.807) is 18.0 Å². The first-order chi connectivity index (χ1) is 12.0. The van der Waals surface area contributed by atoms with Crippen molar-refractivity contribution in [1.29, 1.82) is 0 Å². The molecule has 1 fully saturated rings. The van der Waals surface area contributed by atoms with E-state index in [0.717, 1.165) is 42.3 Å². The molecule has 1 aromatic carbocycles. The lowest BCUT2D eigenvalue weighted by atomic mass is 10.1. The Morgan fingerprint density at radius 3 is 2.60 bits per heavy atom. The van der Waals surface area contributed by atoms with Crippen molar-refractivity contribution in [2.45, 2.75) is 18.4 Å². The molecule has 0 amide bonds. The Morgan fingerprint density at radius 2 is 1.92 bits per heavy atom. The van der Waals surface area contributed by atoms with Gasteiger partial charge in [-0.25, -0.2) is 4.39 Å². The minimum Gasteiger partial charge on any atom is -0.366 e. The summed E-state index contributed by atoms with van der Waals surface area (Å²) in [5, 5.41) is 0.310. The summed E-state index contributed by atoms with van der Waals surface area (Å²) in [5.74, 6) is 0.150. The van der Waals surface area contributed by atoms with E-state index in [4.69, 9.17) is 0 Å². The van der Waals surface area contributed by atoms with Crippen molar-refractivity contribution in [3.63, 3.8) is 0 Å². The smallest absolute Gasteiger partial charge is 0.200 e. The number of likely N-dealkylation sites (N-methyl/N-ethyl adjacent to an activating group) is 1. The number of benzene rings is 1. The number of anilines is 1. The molecule has 1 saturated heterocycles. The third-order valence-corrected chi connectivity index (χ3v) is 6.08. The maximum absolute atomic E-state index is 15.0. The second-order valence-corrected chi connectivity index (χ2v) is 7.80. The fourth-order valence-electron chi connectivity index (χ4n) is 3.62. The monoisotopic (exact) mass is 361 g/mol. The Kier molecular flexibility index (Phi) is 4.08. The SMILES string of the molecule is CC(=O)c1cn2c3c(c(N4CCN(C)CC4)c(F)cc3c1=O)SCC2. The molecule has 2 aromatic rings. The summed E-state index contributed by atoms with van der Waals surface area (Å²) in [6.45, 7) is 5.39. The molecule has 25 heavy (non-hydrogen) atoms. The van der Waals surface area contributed by atoms with Crippen LogP contribution < -0.4 is 10.3 Å². The number of carbonyl (C=O) groups is 1. The van der Waals surface area contributed by atoms with Gasteiger partial charge < -0.3 is 14.4 Å². The molecule has 0 radical (unpaired) electrons. The maximum Gasteiger partial charge on any atom is 0.200 e. The second-order valence-electron chi connectivity index (χ2n) is 6.69. The summed E-state index contributed by atoms with van der Waals surface area (Å²) in [5.41, 5.74) is 1.14.